The lowest BCUT2D eigenvalue weighted by atomic mass is 9.42. The number of rotatable bonds is 6. The van der Waals surface area contributed by atoms with Gasteiger partial charge in [0.1, 0.15) is 6.10 Å². The van der Waals surface area contributed by atoms with Crippen LogP contribution in [0.4, 0.5) is 4.79 Å². The number of aliphatic hydroxyl groups is 1. The first-order chi connectivity index (χ1) is 16.5. The Morgan fingerprint density at radius 3 is 2.41 bits per heavy atom. The van der Waals surface area contributed by atoms with E-state index in [-0.39, 0.29) is 30.1 Å². The second-order valence-corrected chi connectivity index (χ2v) is 10.4. The van der Waals surface area contributed by atoms with Crippen molar-refractivity contribution in [2.75, 3.05) is 13.1 Å². The van der Waals surface area contributed by atoms with Gasteiger partial charge in [0.15, 0.2) is 5.82 Å². The van der Waals surface area contributed by atoms with Gasteiger partial charge in [0, 0.05) is 11.8 Å². The maximum absolute atomic E-state index is 13.5. The molecule has 10 heteroatoms. The second-order valence-electron chi connectivity index (χ2n) is 10.4. The van der Waals surface area contributed by atoms with Crippen LogP contribution in [0, 0.1) is 23.7 Å². The molecule has 0 radical (unpaired) electrons. The standard InChI is InChI=1S/C24H30N6O4/c31-21(30-12-19(13-30)34-23(33)25-11-20-26-28-29-27-20)10-24(16-4-2-1-3-5-16)17-6-14-7-18(24)9-15(8-17)22(14)32/h1-5,14-15,17-19,22,32H,6-13H2,(H,25,33)(H,26,27,28,29). The number of tetrazole rings is 1. The van der Waals surface area contributed by atoms with Gasteiger partial charge in [-0.3, -0.25) is 4.79 Å². The maximum atomic E-state index is 13.5. The summed E-state index contributed by atoms with van der Waals surface area (Å²) in [7, 11) is 0. The molecule has 4 saturated carbocycles. The fourth-order valence-electron chi connectivity index (χ4n) is 7.25. The van der Waals surface area contributed by atoms with E-state index >= 15 is 0 Å². The SMILES string of the molecule is O=C(NCc1nn[nH]n1)OC1CN(C(=O)CC2(c3ccccc3)C3CC4CC2CC(C3)C4O)C1. The molecule has 1 aromatic heterocycles. The van der Waals surface area contributed by atoms with Crippen molar-refractivity contribution in [3.8, 4) is 0 Å². The molecule has 3 N–H and O–H groups in total. The van der Waals surface area contributed by atoms with Gasteiger partial charge in [0.25, 0.3) is 0 Å². The molecule has 4 aliphatic carbocycles. The predicted octanol–water partition coefficient (Wildman–Crippen LogP) is 1.39. The van der Waals surface area contributed by atoms with Crippen LogP contribution in [0.1, 0.15) is 43.5 Å². The summed E-state index contributed by atoms with van der Waals surface area (Å²) < 4.78 is 5.41. The highest BCUT2D eigenvalue weighted by molar-refractivity contribution is 5.79. The average molecular weight is 467 g/mol. The Hall–Kier alpha value is -3.01. The molecule has 1 saturated heterocycles. The number of carbonyl (C=O) groups is 2. The third-order valence-electron chi connectivity index (χ3n) is 8.78. The first-order valence-corrected chi connectivity index (χ1v) is 12.2. The van der Waals surface area contributed by atoms with Gasteiger partial charge >= 0.3 is 6.09 Å². The molecular weight excluding hydrogens is 436 g/mol. The molecule has 2 heterocycles. The number of ether oxygens (including phenoxy) is 1. The van der Waals surface area contributed by atoms with E-state index in [2.05, 4.69) is 50.2 Å². The number of nitrogens with zero attached hydrogens (tertiary/aromatic N) is 4. The van der Waals surface area contributed by atoms with E-state index in [9.17, 15) is 14.7 Å². The van der Waals surface area contributed by atoms with Crippen LogP contribution in [0.5, 0.6) is 0 Å². The Labute approximate surface area is 197 Å². The Morgan fingerprint density at radius 2 is 1.79 bits per heavy atom. The normalized spacial score (nSPS) is 34.0. The number of hydrogen-bond acceptors (Lipinski definition) is 7. The van der Waals surface area contributed by atoms with Crippen LogP contribution in [0.2, 0.25) is 0 Å². The highest BCUT2D eigenvalue weighted by Crippen LogP contribution is 2.64. The van der Waals surface area contributed by atoms with Crippen LogP contribution >= 0.6 is 0 Å². The number of hydrogen-bond donors (Lipinski definition) is 3. The topological polar surface area (TPSA) is 133 Å². The molecule has 34 heavy (non-hydrogen) atoms. The summed E-state index contributed by atoms with van der Waals surface area (Å²) >= 11 is 0. The molecule has 5 fully saturated rings. The molecule has 0 atom stereocenters. The van der Waals surface area contributed by atoms with E-state index in [1.54, 1.807) is 0 Å². The van der Waals surface area contributed by atoms with Gasteiger partial charge in [-0.2, -0.15) is 5.21 Å². The molecule has 7 rings (SSSR count). The van der Waals surface area contributed by atoms with E-state index < -0.39 is 6.09 Å². The molecule has 1 aliphatic heterocycles. The van der Waals surface area contributed by atoms with Gasteiger partial charge in [0.05, 0.1) is 25.7 Å². The number of amides is 2. The third kappa shape index (κ3) is 3.55. The van der Waals surface area contributed by atoms with Crippen LogP contribution in [0.25, 0.3) is 0 Å². The summed E-state index contributed by atoms with van der Waals surface area (Å²) in [6, 6.07) is 10.5. The number of carbonyl (C=O) groups excluding carboxylic acids is 2. The summed E-state index contributed by atoms with van der Waals surface area (Å²) in [6.45, 7) is 0.959. The Kier molecular flexibility index (Phi) is 5.28. The van der Waals surface area contributed by atoms with Crippen LogP contribution in [0.15, 0.2) is 30.3 Å². The number of aromatic nitrogens is 4. The minimum Gasteiger partial charge on any atom is -0.442 e. The molecule has 2 amide bonds. The van der Waals surface area contributed by atoms with Crippen molar-refractivity contribution in [1.82, 2.24) is 30.8 Å². The Bertz CT molecular complexity index is 1010. The zero-order chi connectivity index (χ0) is 23.3. The van der Waals surface area contributed by atoms with Crippen LogP contribution < -0.4 is 5.32 Å². The summed E-state index contributed by atoms with van der Waals surface area (Å²) in [4.78, 5) is 27.3. The van der Waals surface area contributed by atoms with E-state index in [1.165, 1.54) is 5.56 Å². The van der Waals surface area contributed by atoms with Gasteiger partial charge in [-0.1, -0.05) is 35.5 Å². The Balaban J connectivity index is 1.10. The largest absolute Gasteiger partial charge is 0.442 e. The smallest absolute Gasteiger partial charge is 0.407 e. The lowest BCUT2D eigenvalue weighted by Crippen LogP contribution is -2.63. The van der Waals surface area contributed by atoms with Crippen LogP contribution in [0.3, 0.4) is 0 Å². The zero-order valence-electron chi connectivity index (χ0n) is 19.0. The van der Waals surface area contributed by atoms with Crippen LogP contribution in [-0.4, -0.2) is 67.9 Å². The number of likely N-dealkylation sites (tertiary alicyclic amines) is 1. The van der Waals surface area contributed by atoms with Crippen molar-refractivity contribution in [2.24, 2.45) is 23.7 Å². The summed E-state index contributed by atoms with van der Waals surface area (Å²) in [5, 5.41) is 26.5. The molecule has 180 valence electrons. The monoisotopic (exact) mass is 466 g/mol. The number of benzene rings is 1. The molecule has 5 aliphatic rings. The van der Waals surface area contributed by atoms with Gasteiger partial charge in [-0.25, -0.2) is 4.79 Å². The predicted molar refractivity (Wildman–Crippen MR) is 119 cm³/mol. The molecule has 0 unspecified atom stereocenters. The lowest BCUT2D eigenvalue weighted by molar-refractivity contribution is -0.158. The third-order valence-corrected chi connectivity index (χ3v) is 8.78. The maximum Gasteiger partial charge on any atom is 0.407 e. The second kappa shape index (κ2) is 8.33. The minimum atomic E-state index is -0.553. The van der Waals surface area contributed by atoms with E-state index in [0.29, 0.717) is 49.0 Å². The van der Waals surface area contributed by atoms with E-state index in [1.807, 2.05) is 11.0 Å². The lowest BCUT2D eigenvalue weighted by Gasteiger charge is -2.63. The average Bonchev–Trinajstić information content (AvgIpc) is 3.32. The van der Waals surface area contributed by atoms with Crippen molar-refractivity contribution in [1.29, 1.82) is 0 Å². The molecule has 0 spiro atoms. The summed E-state index contributed by atoms with van der Waals surface area (Å²) in [5.41, 5.74) is 1.10. The highest BCUT2D eigenvalue weighted by atomic mass is 16.6. The van der Waals surface area contributed by atoms with E-state index in [0.717, 1.165) is 25.7 Å². The van der Waals surface area contributed by atoms with E-state index in [4.69, 9.17) is 4.74 Å². The number of nitrogens with one attached hydrogen (secondary N) is 2. The number of aliphatic hydroxyl groups excluding tert-OH is 1. The van der Waals surface area contributed by atoms with Crippen molar-refractivity contribution in [3.63, 3.8) is 0 Å². The molecule has 1 aromatic carbocycles. The minimum absolute atomic E-state index is 0.129. The van der Waals surface area contributed by atoms with Crippen molar-refractivity contribution in [2.45, 2.75) is 56.3 Å². The highest BCUT2D eigenvalue weighted by Gasteiger charge is 2.61. The summed E-state index contributed by atoms with van der Waals surface area (Å²) in [5.74, 6) is 2.10. The fourth-order valence-corrected chi connectivity index (χ4v) is 7.25. The van der Waals surface area contributed by atoms with Gasteiger partial charge in [-0.05, 0) is 54.9 Å². The van der Waals surface area contributed by atoms with Gasteiger partial charge < -0.3 is 20.1 Å². The summed E-state index contributed by atoms with van der Waals surface area (Å²) in [6.07, 6.45) is 3.46. The number of alkyl carbamates (subject to hydrolysis) is 1. The Morgan fingerprint density at radius 1 is 1.12 bits per heavy atom. The zero-order valence-corrected chi connectivity index (χ0v) is 19.0. The molecular formula is C24H30N6O4. The first-order valence-electron chi connectivity index (χ1n) is 12.2. The van der Waals surface area contributed by atoms with Crippen molar-refractivity contribution < 1.29 is 19.4 Å². The molecule has 10 nitrogen and oxygen atoms in total. The first kappa shape index (κ1) is 21.5. The van der Waals surface area contributed by atoms with Gasteiger partial charge in [-0.15, -0.1) is 10.2 Å². The molecule has 2 aromatic rings. The molecule has 4 bridgehead atoms. The van der Waals surface area contributed by atoms with Crippen LogP contribution in [-0.2, 0) is 21.5 Å². The van der Waals surface area contributed by atoms with Crippen molar-refractivity contribution in [3.05, 3.63) is 41.7 Å². The number of aromatic amines is 1. The van der Waals surface area contributed by atoms with Gasteiger partial charge in [0.2, 0.25) is 5.91 Å². The quantitative estimate of drug-likeness (QED) is 0.586. The number of H-pyrrole nitrogens is 1. The van der Waals surface area contributed by atoms with Crippen molar-refractivity contribution >= 4 is 12.0 Å². The fraction of sp³-hybridized carbons (Fsp3) is 0.625.